The summed E-state index contributed by atoms with van der Waals surface area (Å²) in [6.07, 6.45) is 2.84. The van der Waals surface area contributed by atoms with E-state index in [1.54, 1.807) is 0 Å². The van der Waals surface area contributed by atoms with Gasteiger partial charge in [0, 0.05) is 17.9 Å². The van der Waals surface area contributed by atoms with Gasteiger partial charge in [-0.1, -0.05) is 40.0 Å². The smallest absolute Gasteiger partial charge is 0.283 e. The fourth-order valence-electron chi connectivity index (χ4n) is 1.58. The summed E-state index contributed by atoms with van der Waals surface area (Å²) in [5.41, 5.74) is -0.347. The van der Waals surface area contributed by atoms with Crippen molar-refractivity contribution in [2.24, 2.45) is 0 Å². The van der Waals surface area contributed by atoms with Crippen LogP contribution in [0.25, 0.3) is 0 Å². The number of carbonyl (C=O) groups excluding carboxylic acids is 1. The minimum absolute atomic E-state index is 0.0744. The van der Waals surface area contributed by atoms with Gasteiger partial charge in [0.25, 0.3) is 11.6 Å². The molecule has 0 aliphatic carbocycles. The van der Waals surface area contributed by atoms with Crippen LogP contribution >= 0.6 is 27.5 Å². The summed E-state index contributed by atoms with van der Waals surface area (Å²) < 4.78 is 0. The summed E-state index contributed by atoms with van der Waals surface area (Å²) in [5, 5.41) is 14.5. The van der Waals surface area contributed by atoms with E-state index in [2.05, 4.69) is 21.2 Å². The van der Waals surface area contributed by atoms with Gasteiger partial charge in [-0.05, 0) is 18.9 Å². The highest BCUT2D eigenvalue weighted by Gasteiger charge is 2.22. The molecule has 104 valence electrons. The van der Waals surface area contributed by atoms with E-state index in [9.17, 15) is 14.9 Å². The molecule has 1 aromatic carbocycles. The van der Waals surface area contributed by atoms with Crippen molar-refractivity contribution in [3.05, 3.63) is 38.9 Å². The third-order valence-electron chi connectivity index (χ3n) is 2.51. The van der Waals surface area contributed by atoms with Crippen LogP contribution in [0, 0.1) is 10.1 Å². The Morgan fingerprint density at radius 3 is 2.74 bits per heavy atom. The normalized spacial score (nSPS) is 10.2. The van der Waals surface area contributed by atoms with Crippen LogP contribution in [-0.4, -0.2) is 22.7 Å². The number of nitrogens with zero attached hydrogens (tertiary/aromatic N) is 1. The van der Waals surface area contributed by atoms with Crippen LogP contribution in [0.2, 0.25) is 5.02 Å². The molecule has 0 atom stereocenters. The summed E-state index contributed by atoms with van der Waals surface area (Å²) in [4.78, 5) is 22.2. The molecule has 0 fully saturated rings. The Morgan fingerprint density at radius 2 is 2.11 bits per heavy atom. The highest BCUT2D eigenvalue weighted by atomic mass is 79.9. The van der Waals surface area contributed by atoms with Crippen molar-refractivity contribution in [2.45, 2.75) is 19.3 Å². The predicted octanol–water partition coefficient (Wildman–Crippen LogP) is 3.54. The third kappa shape index (κ3) is 4.80. The van der Waals surface area contributed by atoms with Crippen molar-refractivity contribution in [1.29, 1.82) is 0 Å². The van der Waals surface area contributed by atoms with Gasteiger partial charge in [-0.3, -0.25) is 14.9 Å². The lowest BCUT2D eigenvalue weighted by Crippen LogP contribution is -2.25. The molecule has 1 rings (SSSR count). The van der Waals surface area contributed by atoms with Crippen molar-refractivity contribution in [3.8, 4) is 0 Å². The van der Waals surface area contributed by atoms with E-state index < -0.39 is 10.8 Å². The molecule has 0 heterocycles. The molecule has 1 N–H and O–H groups in total. The summed E-state index contributed by atoms with van der Waals surface area (Å²) in [5.74, 6) is -0.504. The minimum Gasteiger partial charge on any atom is -0.352 e. The molecule has 0 spiro atoms. The number of nitrogens with one attached hydrogen (secondary N) is 1. The topological polar surface area (TPSA) is 72.2 Å². The second-order valence-electron chi connectivity index (χ2n) is 3.90. The quantitative estimate of drug-likeness (QED) is 0.354. The van der Waals surface area contributed by atoms with E-state index >= 15 is 0 Å². The van der Waals surface area contributed by atoms with Crippen molar-refractivity contribution in [1.82, 2.24) is 5.32 Å². The molecule has 0 aliphatic heterocycles. The van der Waals surface area contributed by atoms with Gasteiger partial charge >= 0.3 is 0 Å². The van der Waals surface area contributed by atoms with E-state index in [1.807, 2.05) is 0 Å². The average molecular weight is 350 g/mol. The van der Waals surface area contributed by atoms with Crippen molar-refractivity contribution < 1.29 is 9.72 Å². The van der Waals surface area contributed by atoms with Crippen LogP contribution in [0.4, 0.5) is 5.69 Å². The zero-order chi connectivity index (χ0) is 14.3. The van der Waals surface area contributed by atoms with Crippen LogP contribution < -0.4 is 5.32 Å². The van der Waals surface area contributed by atoms with Gasteiger partial charge in [-0.25, -0.2) is 0 Å². The average Bonchev–Trinajstić information content (AvgIpc) is 2.37. The number of unbranched alkanes of at least 4 members (excludes halogenated alkanes) is 2. The van der Waals surface area contributed by atoms with Crippen molar-refractivity contribution in [3.63, 3.8) is 0 Å². The van der Waals surface area contributed by atoms with E-state index in [0.717, 1.165) is 24.6 Å². The number of alkyl halides is 1. The Labute approximate surface area is 124 Å². The van der Waals surface area contributed by atoms with Crippen LogP contribution in [-0.2, 0) is 0 Å². The van der Waals surface area contributed by atoms with Gasteiger partial charge in [0.2, 0.25) is 0 Å². The molecular formula is C12H14BrClN2O3. The fraction of sp³-hybridized carbons (Fsp3) is 0.417. The van der Waals surface area contributed by atoms with E-state index in [0.29, 0.717) is 6.54 Å². The predicted molar refractivity (Wildman–Crippen MR) is 78.1 cm³/mol. The maximum absolute atomic E-state index is 11.9. The molecule has 0 bridgehead atoms. The second-order valence-corrected chi connectivity index (χ2v) is 5.10. The van der Waals surface area contributed by atoms with Gasteiger partial charge in [0.1, 0.15) is 5.56 Å². The molecule has 0 aliphatic rings. The Balaban J connectivity index is 2.68. The van der Waals surface area contributed by atoms with Gasteiger partial charge in [0.15, 0.2) is 0 Å². The zero-order valence-electron chi connectivity index (χ0n) is 10.2. The number of nitro benzene ring substituents is 1. The lowest BCUT2D eigenvalue weighted by Gasteiger charge is -2.07. The zero-order valence-corrected chi connectivity index (χ0v) is 12.5. The first-order valence-corrected chi connectivity index (χ1v) is 7.35. The first kappa shape index (κ1) is 15.9. The van der Waals surface area contributed by atoms with E-state index in [-0.39, 0.29) is 16.3 Å². The highest BCUT2D eigenvalue weighted by Crippen LogP contribution is 2.25. The Morgan fingerprint density at radius 1 is 1.37 bits per heavy atom. The highest BCUT2D eigenvalue weighted by molar-refractivity contribution is 9.09. The van der Waals surface area contributed by atoms with Gasteiger partial charge in [-0.2, -0.15) is 0 Å². The number of nitro groups is 1. The first-order valence-electron chi connectivity index (χ1n) is 5.85. The molecule has 1 amide bonds. The molecule has 0 saturated carbocycles. The molecular weight excluding hydrogens is 336 g/mol. The molecule has 5 nitrogen and oxygen atoms in total. The standard InChI is InChI=1S/C12H14BrClN2O3/c13-7-2-1-3-8-15-12(17)11-9(14)5-4-6-10(11)16(18)19/h4-6H,1-3,7-8H2,(H,15,17). The van der Waals surface area contributed by atoms with Crippen molar-refractivity contribution >= 4 is 39.1 Å². The lowest BCUT2D eigenvalue weighted by atomic mass is 10.1. The van der Waals surface area contributed by atoms with Crippen LogP contribution in [0.1, 0.15) is 29.6 Å². The molecule has 1 aromatic rings. The largest absolute Gasteiger partial charge is 0.352 e. The Hall–Kier alpha value is -1.14. The van der Waals surface area contributed by atoms with Gasteiger partial charge in [-0.15, -0.1) is 0 Å². The second kappa shape index (κ2) is 8.12. The van der Waals surface area contributed by atoms with E-state index in [4.69, 9.17) is 11.6 Å². The van der Waals surface area contributed by atoms with Crippen LogP contribution in [0.5, 0.6) is 0 Å². The van der Waals surface area contributed by atoms with Gasteiger partial charge in [0.05, 0.1) is 9.95 Å². The third-order valence-corrected chi connectivity index (χ3v) is 3.39. The number of benzene rings is 1. The van der Waals surface area contributed by atoms with Crippen LogP contribution in [0.3, 0.4) is 0 Å². The SMILES string of the molecule is O=C(NCCCCCBr)c1c(Cl)cccc1[N+](=O)[O-]. The summed E-state index contributed by atoms with van der Waals surface area (Å²) in [7, 11) is 0. The van der Waals surface area contributed by atoms with E-state index in [1.165, 1.54) is 18.2 Å². The number of rotatable bonds is 7. The molecule has 7 heteroatoms. The summed E-state index contributed by atoms with van der Waals surface area (Å²) in [6.45, 7) is 0.480. The number of halogens is 2. The maximum Gasteiger partial charge on any atom is 0.283 e. The maximum atomic E-state index is 11.9. The monoisotopic (exact) mass is 348 g/mol. The Kier molecular flexibility index (Phi) is 6.80. The molecule has 19 heavy (non-hydrogen) atoms. The summed E-state index contributed by atoms with van der Waals surface area (Å²) in [6, 6.07) is 4.19. The number of amides is 1. The number of carbonyl (C=O) groups is 1. The Bertz CT molecular complexity index is 468. The van der Waals surface area contributed by atoms with Crippen molar-refractivity contribution in [2.75, 3.05) is 11.9 Å². The first-order chi connectivity index (χ1) is 9.07. The van der Waals surface area contributed by atoms with Crippen LogP contribution in [0.15, 0.2) is 18.2 Å². The number of hydrogen-bond acceptors (Lipinski definition) is 3. The molecule has 0 aromatic heterocycles. The minimum atomic E-state index is -0.606. The lowest BCUT2D eigenvalue weighted by molar-refractivity contribution is -0.385. The molecule has 0 saturated heterocycles. The molecule has 0 radical (unpaired) electrons. The summed E-state index contributed by atoms with van der Waals surface area (Å²) >= 11 is 9.18. The fourth-order valence-corrected chi connectivity index (χ4v) is 2.23. The molecule has 0 unspecified atom stereocenters. The van der Waals surface area contributed by atoms with Gasteiger partial charge < -0.3 is 5.32 Å². The number of hydrogen-bond donors (Lipinski definition) is 1.